The number of pyridine rings is 1. The highest BCUT2D eigenvalue weighted by Gasteiger charge is 2.28. The van der Waals surface area contributed by atoms with Gasteiger partial charge in [-0.25, -0.2) is 4.99 Å². The topological polar surface area (TPSA) is 93.2 Å². The van der Waals surface area contributed by atoms with Crippen LogP contribution in [-0.2, 0) is 16.6 Å². The van der Waals surface area contributed by atoms with Gasteiger partial charge in [-0.3, -0.25) is 14.3 Å². The summed E-state index contributed by atoms with van der Waals surface area (Å²) in [5, 5.41) is 7.36. The predicted molar refractivity (Wildman–Crippen MR) is 149 cm³/mol. The molecule has 1 fully saturated rings. The van der Waals surface area contributed by atoms with Gasteiger partial charge in [0.15, 0.2) is 0 Å². The summed E-state index contributed by atoms with van der Waals surface area (Å²) in [5.74, 6) is 0.176. The third kappa shape index (κ3) is 4.78. The normalized spacial score (nSPS) is 18.4. The summed E-state index contributed by atoms with van der Waals surface area (Å²) in [6.07, 6.45) is 7.71. The third-order valence-electron chi connectivity index (χ3n) is 7.75. The van der Waals surface area contributed by atoms with Crippen molar-refractivity contribution in [2.24, 2.45) is 18.0 Å². The molecule has 0 radical (unpaired) electrons. The minimum atomic E-state index is -0.440. The van der Waals surface area contributed by atoms with Gasteiger partial charge in [0.1, 0.15) is 5.82 Å². The van der Waals surface area contributed by atoms with Crippen molar-refractivity contribution in [2.75, 3.05) is 31.2 Å². The Kier molecular flexibility index (Phi) is 7.21. The fraction of sp³-hybridized carbons (Fsp3) is 0.448. The van der Waals surface area contributed by atoms with Crippen LogP contribution < -0.4 is 10.2 Å². The van der Waals surface area contributed by atoms with Crippen molar-refractivity contribution in [3.8, 4) is 11.3 Å². The molecule has 0 aromatic carbocycles. The first kappa shape index (κ1) is 25.9. The van der Waals surface area contributed by atoms with Crippen LogP contribution in [0.2, 0.25) is 0 Å². The van der Waals surface area contributed by atoms with E-state index in [1.807, 2.05) is 50.7 Å². The van der Waals surface area contributed by atoms with Gasteiger partial charge in [0.2, 0.25) is 0 Å². The lowest BCUT2D eigenvalue weighted by Crippen LogP contribution is -2.41. The van der Waals surface area contributed by atoms with Gasteiger partial charge in [0.25, 0.3) is 11.8 Å². The second-order valence-electron chi connectivity index (χ2n) is 10.2. The van der Waals surface area contributed by atoms with Gasteiger partial charge in [0, 0.05) is 79.7 Å². The first-order valence-electron chi connectivity index (χ1n) is 13.3. The van der Waals surface area contributed by atoms with E-state index in [2.05, 4.69) is 43.9 Å². The third-order valence-corrected chi connectivity index (χ3v) is 7.75. The number of ether oxygens (including phenoxy) is 1. The number of nitrogens with one attached hydrogen (secondary N) is 1. The highest BCUT2D eigenvalue weighted by atomic mass is 16.5. The van der Waals surface area contributed by atoms with E-state index in [1.165, 1.54) is 0 Å². The van der Waals surface area contributed by atoms with Gasteiger partial charge in [-0.05, 0) is 64.8 Å². The number of amides is 2. The molecule has 200 valence electrons. The van der Waals surface area contributed by atoms with Gasteiger partial charge in [-0.2, -0.15) is 5.10 Å². The van der Waals surface area contributed by atoms with Gasteiger partial charge < -0.3 is 19.4 Å². The maximum absolute atomic E-state index is 13.6. The predicted octanol–water partition coefficient (Wildman–Crippen LogP) is 3.95. The van der Waals surface area contributed by atoms with Crippen molar-refractivity contribution in [1.82, 2.24) is 19.5 Å². The molecule has 0 saturated carbocycles. The van der Waals surface area contributed by atoms with E-state index < -0.39 is 5.92 Å². The van der Waals surface area contributed by atoms with E-state index >= 15 is 0 Å². The van der Waals surface area contributed by atoms with E-state index in [9.17, 15) is 9.59 Å². The number of aryl methyl sites for hydroxylation is 1. The molecule has 1 atom stereocenters. The molecule has 38 heavy (non-hydrogen) atoms. The van der Waals surface area contributed by atoms with Crippen LogP contribution in [0.5, 0.6) is 0 Å². The number of anilines is 1. The summed E-state index contributed by atoms with van der Waals surface area (Å²) in [7, 11) is 1.93. The minimum Gasteiger partial charge on any atom is -0.381 e. The zero-order valence-corrected chi connectivity index (χ0v) is 22.8. The molecule has 1 saturated heterocycles. The minimum absolute atomic E-state index is 0.190. The second kappa shape index (κ2) is 10.6. The lowest BCUT2D eigenvalue weighted by molar-refractivity contribution is -0.120. The molecule has 2 aliphatic rings. The van der Waals surface area contributed by atoms with Crippen molar-refractivity contribution >= 4 is 28.9 Å². The average Bonchev–Trinajstić information content (AvgIpc) is 3.51. The van der Waals surface area contributed by atoms with E-state index in [4.69, 9.17) is 4.74 Å². The van der Waals surface area contributed by atoms with E-state index in [1.54, 1.807) is 6.20 Å². The number of hydrogen-bond donors (Lipinski definition) is 1. The fourth-order valence-corrected chi connectivity index (χ4v) is 5.74. The zero-order chi connectivity index (χ0) is 27.0. The number of carbonyl (C=O) groups excluding carboxylic acids is 2. The van der Waals surface area contributed by atoms with E-state index in [-0.39, 0.29) is 18.4 Å². The van der Waals surface area contributed by atoms with Crippen LogP contribution in [0.1, 0.15) is 49.5 Å². The molecule has 0 bridgehead atoms. The Morgan fingerprint density at radius 2 is 1.97 bits per heavy atom. The molecule has 9 heteroatoms. The number of fused-ring (bicyclic) bond motifs is 1. The first-order valence-corrected chi connectivity index (χ1v) is 13.3. The van der Waals surface area contributed by atoms with Crippen molar-refractivity contribution in [3.63, 3.8) is 0 Å². The lowest BCUT2D eigenvalue weighted by atomic mass is 9.95. The number of carbonyl (C=O) groups is 2. The monoisotopic (exact) mass is 516 g/mol. The Hall–Kier alpha value is -3.72. The number of nitrogens with zero attached hydrogens (tertiary/aromatic N) is 5. The number of aromatic nitrogens is 3. The zero-order valence-electron chi connectivity index (χ0n) is 22.8. The average molecular weight is 517 g/mol. The highest BCUT2D eigenvalue weighted by Crippen LogP contribution is 2.33. The van der Waals surface area contributed by atoms with Gasteiger partial charge in [0.05, 0.1) is 11.6 Å². The summed E-state index contributed by atoms with van der Waals surface area (Å²) in [4.78, 5) is 32.6. The van der Waals surface area contributed by atoms with Crippen LogP contribution in [0.4, 0.5) is 5.82 Å². The van der Waals surface area contributed by atoms with Crippen molar-refractivity contribution < 1.29 is 14.3 Å². The molecule has 2 amide bonds. The molecular formula is C29H36N6O3. The maximum Gasteiger partial charge on any atom is 0.254 e. The van der Waals surface area contributed by atoms with Crippen LogP contribution in [0, 0.1) is 12.8 Å². The SMILES string of the molecule is CCN(c1c(C)c(C(=O)NCC2C(=O)N=C(C)C=C2C)cc2cc(-c3ccnn3C)cn12)C1CCOCC1. The molecule has 3 aromatic rings. The molecular weight excluding hydrogens is 480 g/mol. The Morgan fingerprint density at radius 3 is 2.63 bits per heavy atom. The molecule has 5 rings (SSSR count). The standard InChI is InChI=1S/C29H36N6O3/c1-6-34(22-8-11-38-12-9-22)29-20(4)24(27(36)30-16-25-18(2)13-19(3)32-28(25)37)15-23-14-21(17-35(23)29)26-7-10-31-33(26)5/h7,10,13-15,17,22,25H,6,8-9,11-12,16H2,1-5H3,(H,30,36). The van der Waals surface area contributed by atoms with Gasteiger partial charge >= 0.3 is 0 Å². The van der Waals surface area contributed by atoms with Crippen LogP contribution in [0.15, 0.2) is 47.2 Å². The molecule has 9 nitrogen and oxygen atoms in total. The number of allylic oxidation sites excluding steroid dienone is 1. The maximum atomic E-state index is 13.6. The Morgan fingerprint density at radius 1 is 1.21 bits per heavy atom. The Balaban J connectivity index is 1.55. The van der Waals surface area contributed by atoms with Gasteiger partial charge in [-0.15, -0.1) is 0 Å². The summed E-state index contributed by atoms with van der Waals surface area (Å²) in [5.41, 5.74) is 6.11. The molecule has 1 N–H and O–H groups in total. The Bertz CT molecular complexity index is 1440. The largest absolute Gasteiger partial charge is 0.381 e. The quantitative estimate of drug-likeness (QED) is 0.513. The smallest absolute Gasteiger partial charge is 0.254 e. The number of hydrogen-bond acceptors (Lipinski definition) is 5. The van der Waals surface area contributed by atoms with Crippen molar-refractivity contribution in [2.45, 2.75) is 46.6 Å². The molecule has 3 aromatic heterocycles. The lowest BCUT2D eigenvalue weighted by Gasteiger charge is -2.37. The number of rotatable bonds is 7. The second-order valence-corrected chi connectivity index (χ2v) is 10.2. The van der Waals surface area contributed by atoms with Crippen LogP contribution in [-0.4, -0.2) is 64.1 Å². The number of dihydropyridines is 1. The highest BCUT2D eigenvalue weighted by molar-refractivity contribution is 6.06. The van der Waals surface area contributed by atoms with E-state index in [0.717, 1.165) is 66.3 Å². The summed E-state index contributed by atoms with van der Waals surface area (Å²) < 4.78 is 9.69. The van der Waals surface area contributed by atoms with Crippen molar-refractivity contribution in [1.29, 1.82) is 0 Å². The van der Waals surface area contributed by atoms with Crippen LogP contribution in [0.3, 0.4) is 0 Å². The molecule has 0 aliphatic carbocycles. The number of aliphatic imine (C=N–C) groups is 1. The molecule has 2 aliphatic heterocycles. The van der Waals surface area contributed by atoms with Crippen LogP contribution >= 0.6 is 0 Å². The Labute approximate surface area is 223 Å². The van der Waals surface area contributed by atoms with Crippen LogP contribution in [0.25, 0.3) is 16.8 Å². The first-order chi connectivity index (χ1) is 18.3. The molecule has 1 unspecified atom stereocenters. The molecule has 5 heterocycles. The van der Waals surface area contributed by atoms with Gasteiger partial charge in [-0.1, -0.05) is 5.57 Å². The molecule has 0 spiro atoms. The summed E-state index contributed by atoms with van der Waals surface area (Å²) in [6.45, 7) is 10.4. The van der Waals surface area contributed by atoms with Crippen molar-refractivity contribution in [3.05, 3.63) is 53.4 Å². The fourth-order valence-electron chi connectivity index (χ4n) is 5.74. The van der Waals surface area contributed by atoms with E-state index in [0.29, 0.717) is 17.3 Å². The summed E-state index contributed by atoms with van der Waals surface area (Å²) in [6, 6.07) is 6.36. The summed E-state index contributed by atoms with van der Waals surface area (Å²) >= 11 is 0.